The fourth-order valence-electron chi connectivity index (χ4n) is 1.47. The summed E-state index contributed by atoms with van der Waals surface area (Å²) in [6, 6.07) is 2.89. The topological polar surface area (TPSA) is 40.1 Å². The van der Waals surface area contributed by atoms with Crippen LogP contribution in [-0.4, -0.2) is 9.55 Å². The van der Waals surface area contributed by atoms with Gasteiger partial charge in [0.05, 0.1) is 23.3 Å². The first kappa shape index (κ1) is 11.5. The van der Waals surface area contributed by atoms with Gasteiger partial charge >= 0.3 is 6.18 Å². The first-order valence-corrected chi connectivity index (χ1v) is 4.78. The van der Waals surface area contributed by atoms with Gasteiger partial charge in [-0.05, 0) is 25.1 Å². The van der Waals surface area contributed by atoms with Crippen molar-refractivity contribution in [2.45, 2.75) is 13.1 Å². The zero-order chi connectivity index (χ0) is 12.6. The molecule has 0 aliphatic carbocycles. The second-order valence-electron chi connectivity index (χ2n) is 3.66. The van der Waals surface area contributed by atoms with Crippen LogP contribution < -0.4 is 5.73 Å². The Bertz CT molecular complexity index is 543. The minimum atomic E-state index is -4.48. The molecule has 1 heterocycles. The molecule has 0 N–H and O–H groups in total. The van der Waals surface area contributed by atoms with Gasteiger partial charge in [0.25, 0.3) is 0 Å². The van der Waals surface area contributed by atoms with E-state index in [4.69, 9.17) is 0 Å². The molecule has 0 spiro atoms. The van der Waals surface area contributed by atoms with E-state index in [1.54, 1.807) is 13.1 Å². The van der Waals surface area contributed by atoms with E-state index in [-0.39, 0.29) is 5.69 Å². The lowest BCUT2D eigenvalue weighted by Crippen LogP contribution is -2.06. The highest BCUT2D eigenvalue weighted by Crippen LogP contribution is 2.32. The molecule has 2 aromatic rings. The second kappa shape index (κ2) is 3.80. The summed E-state index contributed by atoms with van der Waals surface area (Å²) in [4.78, 5) is 3.91. The number of rotatable bonds is 1. The van der Waals surface area contributed by atoms with Gasteiger partial charge in [-0.2, -0.15) is 18.9 Å². The summed E-state index contributed by atoms with van der Waals surface area (Å²) >= 11 is 0. The van der Waals surface area contributed by atoms with E-state index in [9.17, 15) is 18.9 Å². The van der Waals surface area contributed by atoms with Crippen LogP contribution >= 0.6 is 0 Å². The third kappa shape index (κ3) is 2.41. The minimum Gasteiger partial charge on any atom is -0.306 e. The van der Waals surface area contributed by atoms with Gasteiger partial charge in [-0.25, -0.2) is 4.98 Å². The van der Waals surface area contributed by atoms with Gasteiger partial charge in [0.2, 0.25) is 0 Å². The van der Waals surface area contributed by atoms with Crippen LogP contribution in [0.5, 0.6) is 0 Å². The number of aryl methyl sites for hydroxylation is 1. The predicted molar refractivity (Wildman–Crippen MR) is 55.1 cm³/mol. The van der Waals surface area contributed by atoms with Crippen molar-refractivity contribution < 1.29 is 13.2 Å². The van der Waals surface area contributed by atoms with Gasteiger partial charge < -0.3 is 4.57 Å². The molecule has 2 radical (unpaired) electrons. The monoisotopic (exact) mass is 239 g/mol. The van der Waals surface area contributed by atoms with E-state index in [2.05, 4.69) is 4.98 Å². The molecule has 0 saturated heterocycles. The van der Waals surface area contributed by atoms with Gasteiger partial charge in [-0.1, -0.05) is 0 Å². The van der Waals surface area contributed by atoms with Gasteiger partial charge in [0.15, 0.2) is 0 Å². The quantitative estimate of drug-likeness (QED) is 0.754. The molecular formula is C11H8F3N3. The number of aromatic nitrogens is 2. The summed E-state index contributed by atoms with van der Waals surface area (Å²) in [6.07, 6.45) is -1.51. The molecular weight excluding hydrogens is 231 g/mol. The molecule has 1 aromatic carbocycles. The Morgan fingerprint density at radius 1 is 1.24 bits per heavy atom. The van der Waals surface area contributed by atoms with Crippen molar-refractivity contribution in [3.8, 4) is 5.69 Å². The summed E-state index contributed by atoms with van der Waals surface area (Å²) in [5, 5.41) is 0. The van der Waals surface area contributed by atoms with Gasteiger partial charge in [0, 0.05) is 11.9 Å². The summed E-state index contributed by atoms with van der Waals surface area (Å²) in [6.45, 7) is 1.73. The number of hydrogen-bond acceptors (Lipinski definition) is 1. The Hall–Kier alpha value is -1.98. The van der Waals surface area contributed by atoms with Crippen molar-refractivity contribution in [2.24, 2.45) is 0 Å². The van der Waals surface area contributed by atoms with Crippen LogP contribution in [0.1, 0.15) is 11.3 Å². The lowest BCUT2D eigenvalue weighted by Gasteiger charge is -2.09. The van der Waals surface area contributed by atoms with Crippen molar-refractivity contribution in [2.75, 3.05) is 0 Å². The summed E-state index contributed by atoms with van der Waals surface area (Å²) < 4.78 is 39.0. The highest BCUT2D eigenvalue weighted by Gasteiger charge is 2.31. The molecule has 0 unspecified atom stereocenters. The standard InChI is InChI=1S/C11H8F3N3/c1-7-5-17(6-16-7)10-3-8(11(12,13)14)2-9(15)4-10/h2-6H,1H3. The normalized spacial score (nSPS) is 11.8. The Kier molecular flexibility index (Phi) is 2.57. The van der Waals surface area contributed by atoms with Crippen molar-refractivity contribution in [3.05, 3.63) is 42.0 Å². The maximum atomic E-state index is 12.5. The Labute approximate surface area is 95.7 Å². The average Bonchev–Trinajstić information content (AvgIpc) is 2.62. The van der Waals surface area contributed by atoms with Crippen LogP contribution in [0.15, 0.2) is 30.7 Å². The Balaban J connectivity index is 2.52. The van der Waals surface area contributed by atoms with Crippen LogP contribution in [0.25, 0.3) is 5.69 Å². The van der Waals surface area contributed by atoms with E-state index in [0.29, 0.717) is 11.8 Å². The number of hydrogen-bond donors (Lipinski definition) is 0. The molecule has 0 saturated carbocycles. The fourth-order valence-corrected chi connectivity index (χ4v) is 1.47. The van der Waals surface area contributed by atoms with E-state index in [1.165, 1.54) is 17.0 Å². The lowest BCUT2D eigenvalue weighted by atomic mass is 10.1. The van der Waals surface area contributed by atoms with Crippen molar-refractivity contribution in [1.29, 1.82) is 0 Å². The Morgan fingerprint density at radius 3 is 2.47 bits per heavy atom. The molecule has 0 bridgehead atoms. The first-order valence-electron chi connectivity index (χ1n) is 4.78. The molecule has 88 valence electrons. The zero-order valence-electron chi connectivity index (χ0n) is 8.86. The zero-order valence-corrected chi connectivity index (χ0v) is 8.86. The number of alkyl halides is 3. The van der Waals surface area contributed by atoms with Crippen molar-refractivity contribution in [3.63, 3.8) is 0 Å². The summed E-state index contributed by atoms with van der Waals surface area (Å²) in [5.74, 6) is 0. The average molecular weight is 239 g/mol. The number of benzene rings is 1. The molecule has 1 aromatic heterocycles. The van der Waals surface area contributed by atoms with E-state index < -0.39 is 17.4 Å². The number of nitrogens with zero attached hydrogens (tertiary/aromatic N) is 3. The highest BCUT2D eigenvalue weighted by atomic mass is 19.4. The van der Waals surface area contributed by atoms with Crippen molar-refractivity contribution >= 4 is 5.69 Å². The molecule has 6 heteroatoms. The molecule has 0 aliphatic heterocycles. The third-order valence-corrected chi connectivity index (χ3v) is 2.24. The van der Waals surface area contributed by atoms with E-state index in [1.807, 2.05) is 0 Å². The van der Waals surface area contributed by atoms with Crippen LogP contribution in [0.4, 0.5) is 18.9 Å². The maximum absolute atomic E-state index is 12.5. The van der Waals surface area contributed by atoms with Crippen molar-refractivity contribution in [1.82, 2.24) is 15.3 Å². The van der Waals surface area contributed by atoms with Crippen LogP contribution in [0, 0.1) is 6.92 Å². The lowest BCUT2D eigenvalue weighted by molar-refractivity contribution is -0.137. The molecule has 0 amide bonds. The maximum Gasteiger partial charge on any atom is 0.416 e. The van der Waals surface area contributed by atoms with Crippen LogP contribution in [0.2, 0.25) is 0 Å². The smallest absolute Gasteiger partial charge is 0.306 e. The summed E-state index contributed by atoms with van der Waals surface area (Å²) in [7, 11) is 0. The molecule has 0 atom stereocenters. The van der Waals surface area contributed by atoms with Gasteiger partial charge in [-0.15, -0.1) is 0 Å². The van der Waals surface area contributed by atoms with Gasteiger partial charge in [-0.3, -0.25) is 0 Å². The molecule has 0 fully saturated rings. The largest absolute Gasteiger partial charge is 0.416 e. The minimum absolute atomic E-state index is 0.220. The molecule has 17 heavy (non-hydrogen) atoms. The van der Waals surface area contributed by atoms with Crippen LogP contribution in [-0.2, 0) is 6.18 Å². The number of halogens is 3. The fraction of sp³-hybridized carbons (Fsp3) is 0.182. The third-order valence-electron chi connectivity index (χ3n) is 2.24. The Morgan fingerprint density at radius 2 is 1.94 bits per heavy atom. The summed E-state index contributed by atoms with van der Waals surface area (Å²) in [5.41, 5.74) is 8.87. The highest BCUT2D eigenvalue weighted by molar-refractivity contribution is 5.49. The van der Waals surface area contributed by atoms with Crippen LogP contribution in [0.3, 0.4) is 0 Å². The molecule has 2 rings (SSSR count). The first-order chi connectivity index (χ1) is 7.86. The van der Waals surface area contributed by atoms with E-state index >= 15 is 0 Å². The molecule has 3 nitrogen and oxygen atoms in total. The number of imidazole rings is 1. The SMILES string of the molecule is Cc1cn(-c2cc([N])cc(C(F)(F)F)c2)cn1. The van der Waals surface area contributed by atoms with Gasteiger partial charge in [0.1, 0.15) is 0 Å². The van der Waals surface area contributed by atoms with E-state index in [0.717, 1.165) is 6.07 Å². The molecule has 0 aliphatic rings. The predicted octanol–water partition coefficient (Wildman–Crippen LogP) is 2.90. The second-order valence-corrected chi connectivity index (χ2v) is 3.66.